The van der Waals surface area contributed by atoms with E-state index in [9.17, 15) is 9.59 Å². The predicted molar refractivity (Wildman–Crippen MR) is 76.7 cm³/mol. The van der Waals surface area contributed by atoms with Crippen LogP contribution < -0.4 is 5.32 Å². The van der Waals surface area contributed by atoms with E-state index in [0.717, 1.165) is 10.6 Å². The number of thioether (sulfide) groups is 1. The maximum Gasteiger partial charge on any atom is 0.325 e. The van der Waals surface area contributed by atoms with Crippen molar-refractivity contribution in [1.82, 2.24) is 5.32 Å². The number of amides is 1. The van der Waals surface area contributed by atoms with Gasteiger partial charge < -0.3 is 10.4 Å². The number of carboxylic acid groups (broad SMARTS) is 1. The average Bonchev–Trinajstić information content (AvgIpc) is 2.36. The highest BCUT2D eigenvalue weighted by Crippen LogP contribution is 2.21. The molecule has 0 fully saturated rings. The fraction of sp³-hybridized carbons (Fsp3) is 0.385. The van der Waals surface area contributed by atoms with Crippen molar-refractivity contribution in [3.63, 3.8) is 0 Å². The lowest BCUT2D eigenvalue weighted by Gasteiger charge is -2.08. The minimum atomic E-state index is -1.02. The lowest BCUT2D eigenvalue weighted by atomic mass is 10.3. The number of carbonyl (C=O) groups excluding carboxylic acids is 1. The number of rotatable bonds is 7. The molecule has 0 bridgehead atoms. The highest BCUT2D eigenvalue weighted by molar-refractivity contribution is 7.99. The highest BCUT2D eigenvalue weighted by Gasteiger charge is 2.13. The Labute approximate surface area is 121 Å². The number of benzene rings is 1. The standard InChI is InChI=1S/C13H16ClNO3S/c1-9(13(17)18)15-12(16)3-2-8-19-11-6-4-10(14)5-7-11/h4-7,9H,2-3,8H2,1H3,(H,15,16)(H,17,18)/t9-/m0/s1. The number of hydrogen-bond donors (Lipinski definition) is 2. The number of nitrogens with one attached hydrogen (secondary N) is 1. The monoisotopic (exact) mass is 301 g/mol. The van der Waals surface area contributed by atoms with E-state index in [1.165, 1.54) is 6.92 Å². The molecule has 0 aliphatic carbocycles. The van der Waals surface area contributed by atoms with Crippen LogP contribution in [0.2, 0.25) is 5.02 Å². The Morgan fingerprint density at radius 3 is 2.58 bits per heavy atom. The summed E-state index contributed by atoms with van der Waals surface area (Å²) >= 11 is 7.42. The van der Waals surface area contributed by atoms with Crippen molar-refractivity contribution in [2.45, 2.75) is 30.7 Å². The summed E-state index contributed by atoms with van der Waals surface area (Å²) in [7, 11) is 0. The van der Waals surface area contributed by atoms with Crippen molar-refractivity contribution in [3.8, 4) is 0 Å². The first-order valence-corrected chi connectivity index (χ1v) is 7.26. The van der Waals surface area contributed by atoms with Gasteiger partial charge in [-0.25, -0.2) is 0 Å². The van der Waals surface area contributed by atoms with Gasteiger partial charge in [0.15, 0.2) is 0 Å². The summed E-state index contributed by atoms with van der Waals surface area (Å²) in [5, 5.41) is 11.8. The van der Waals surface area contributed by atoms with Crippen LogP contribution in [0.25, 0.3) is 0 Å². The Morgan fingerprint density at radius 1 is 1.37 bits per heavy atom. The summed E-state index contributed by atoms with van der Waals surface area (Å²) < 4.78 is 0. The molecule has 1 aromatic carbocycles. The molecule has 6 heteroatoms. The summed E-state index contributed by atoms with van der Waals surface area (Å²) in [4.78, 5) is 23.1. The summed E-state index contributed by atoms with van der Waals surface area (Å²) in [6.45, 7) is 1.45. The first-order chi connectivity index (χ1) is 8.99. The van der Waals surface area contributed by atoms with Gasteiger partial charge in [-0.3, -0.25) is 9.59 Å². The zero-order chi connectivity index (χ0) is 14.3. The molecule has 0 unspecified atom stereocenters. The molecule has 0 heterocycles. The second kappa shape index (κ2) is 8.07. The van der Waals surface area contributed by atoms with Gasteiger partial charge in [-0.05, 0) is 43.4 Å². The topological polar surface area (TPSA) is 66.4 Å². The van der Waals surface area contributed by atoms with Gasteiger partial charge in [-0.2, -0.15) is 0 Å². The molecule has 4 nitrogen and oxygen atoms in total. The van der Waals surface area contributed by atoms with E-state index < -0.39 is 12.0 Å². The molecule has 0 saturated carbocycles. The van der Waals surface area contributed by atoms with Crippen LogP contribution in [0, 0.1) is 0 Å². The van der Waals surface area contributed by atoms with E-state index in [1.54, 1.807) is 11.8 Å². The molecule has 1 aromatic rings. The Bertz CT molecular complexity index is 436. The van der Waals surface area contributed by atoms with Gasteiger partial charge in [0.25, 0.3) is 0 Å². The summed E-state index contributed by atoms with van der Waals surface area (Å²) in [6, 6.07) is 6.67. The van der Waals surface area contributed by atoms with Crippen LogP contribution in [0.15, 0.2) is 29.2 Å². The summed E-state index contributed by atoms with van der Waals surface area (Å²) in [5.41, 5.74) is 0. The fourth-order valence-corrected chi connectivity index (χ4v) is 2.31. The minimum Gasteiger partial charge on any atom is -0.480 e. The lowest BCUT2D eigenvalue weighted by molar-refractivity contribution is -0.141. The molecule has 0 aliphatic rings. The molecule has 2 N–H and O–H groups in total. The molecule has 19 heavy (non-hydrogen) atoms. The van der Waals surface area contributed by atoms with Crippen LogP contribution in [0.5, 0.6) is 0 Å². The minimum absolute atomic E-state index is 0.230. The van der Waals surface area contributed by atoms with E-state index in [1.807, 2.05) is 24.3 Å². The van der Waals surface area contributed by atoms with Crippen molar-refractivity contribution >= 4 is 35.2 Å². The fourth-order valence-electron chi connectivity index (χ4n) is 1.33. The highest BCUT2D eigenvalue weighted by atomic mass is 35.5. The number of carboxylic acids is 1. The molecule has 1 amide bonds. The molecule has 0 spiro atoms. The second-order valence-electron chi connectivity index (χ2n) is 4.03. The first-order valence-electron chi connectivity index (χ1n) is 5.89. The molecule has 104 valence electrons. The molecule has 0 aliphatic heterocycles. The third kappa shape index (κ3) is 6.50. The van der Waals surface area contributed by atoms with Crippen molar-refractivity contribution in [1.29, 1.82) is 0 Å². The third-order valence-electron chi connectivity index (χ3n) is 2.38. The quantitative estimate of drug-likeness (QED) is 0.600. The van der Waals surface area contributed by atoms with Gasteiger partial charge in [0.1, 0.15) is 6.04 Å². The van der Waals surface area contributed by atoms with Gasteiger partial charge in [0, 0.05) is 16.3 Å². The zero-order valence-electron chi connectivity index (χ0n) is 10.6. The van der Waals surface area contributed by atoms with Crippen molar-refractivity contribution in [2.75, 3.05) is 5.75 Å². The third-order valence-corrected chi connectivity index (χ3v) is 3.73. The molecule has 1 rings (SSSR count). The molecular formula is C13H16ClNO3S. The van der Waals surface area contributed by atoms with E-state index in [2.05, 4.69) is 5.32 Å². The molecule has 1 atom stereocenters. The molecule has 0 radical (unpaired) electrons. The van der Waals surface area contributed by atoms with Gasteiger partial charge in [0.05, 0.1) is 0 Å². The van der Waals surface area contributed by atoms with Crippen LogP contribution in [-0.4, -0.2) is 28.8 Å². The maximum atomic E-state index is 11.4. The van der Waals surface area contributed by atoms with E-state index in [0.29, 0.717) is 17.9 Å². The Kier molecular flexibility index (Phi) is 6.73. The predicted octanol–water partition coefficient (Wildman–Crippen LogP) is 2.80. The van der Waals surface area contributed by atoms with E-state index in [-0.39, 0.29) is 5.91 Å². The number of aliphatic carboxylic acids is 1. The van der Waals surface area contributed by atoms with E-state index >= 15 is 0 Å². The van der Waals surface area contributed by atoms with Gasteiger partial charge in [-0.1, -0.05) is 11.6 Å². The second-order valence-corrected chi connectivity index (χ2v) is 5.64. The average molecular weight is 302 g/mol. The maximum absolute atomic E-state index is 11.4. The molecule has 0 saturated heterocycles. The number of halogens is 1. The van der Waals surface area contributed by atoms with E-state index in [4.69, 9.17) is 16.7 Å². The van der Waals surface area contributed by atoms with Gasteiger partial charge >= 0.3 is 5.97 Å². The van der Waals surface area contributed by atoms with Crippen molar-refractivity contribution in [2.24, 2.45) is 0 Å². The first kappa shape index (κ1) is 15.9. The van der Waals surface area contributed by atoms with Crippen molar-refractivity contribution in [3.05, 3.63) is 29.3 Å². The van der Waals surface area contributed by atoms with Crippen LogP contribution in [0.4, 0.5) is 0 Å². The molecular weight excluding hydrogens is 286 g/mol. The summed E-state index contributed by atoms with van der Waals surface area (Å²) in [6.07, 6.45) is 1.03. The smallest absolute Gasteiger partial charge is 0.325 e. The largest absolute Gasteiger partial charge is 0.480 e. The normalized spacial score (nSPS) is 11.9. The van der Waals surface area contributed by atoms with Crippen LogP contribution >= 0.6 is 23.4 Å². The van der Waals surface area contributed by atoms with Crippen LogP contribution in [0.3, 0.4) is 0 Å². The Hall–Kier alpha value is -1.20. The number of hydrogen-bond acceptors (Lipinski definition) is 3. The van der Waals surface area contributed by atoms with Crippen molar-refractivity contribution < 1.29 is 14.7 Å². The van der Waals surface area contributed by atoms with Crippen LogP contribution in [-0.2, 0) is 9.59 Å². The lowest BCUT2D eigenvalue weighted by Crippen LogP contribution is -2.38. The molecule has 0 aromatic heterocycles. The SMILES string of the molecule is C[C@H](NC(=O)CCCSc1ccc(Cl)cc1)C(=O)O. The summed E-state index contributed by atoms with van der Waals surface area (Å²) in [5.74, 6) is -0.452. The Balaban J connectivity index is 2.18. The van der Waals surface area contributed by atoms with Gasteiger partial charge in [0.2, 0.25) is 5.91 Å². The van der Waals surface area contributed by atoms with Crippen LogP contribution in [0.1, 0.15) is 19.8 Å². The van der Waals surface area contributed by atoms with Gasteiger partial charge in [-0.15, -0.1) is 11.8 Å². The number of carbonyl (C=O) groups is 2. The zero-order valence-corrected chi connectivity index (χ0v) is 12.1. The Morgan fingerprint density at radius 2 is 2.00 bits per heavy atom.